The highest BCUT2D eigenvalue weighted by Crippen LogP contribution is 2.34. The summed E-state index contributed by atoms with van der Waals surface area (Å²) in [6.45, 7) is -4.47. The molecule has 218 valence electrons. The fourth-order valence-electron chi connectivity index (χ4n) is 4.16. The Hall–Kier alpha value is -4.95. The molecule has 0 aliphatic carbocycles. The van der Waals surface area contributed by atoms with E-state index in [1.165, 1.54) is 65.5 Å². The third-order valence-electron chi connectivity index (χ3n) is 5.94. The van der Waals surface area contributed by atoms with Crippen molar-refractivity contribution in [3.8, 4) is 51.2 Å². The third-order valence-corrected chi connectivity index (χ3v) is 5.94. The molecule has 0 saturated heterocycles. The van der Waals surface area contributed by atoms with Crippen molar-refractivity contribution < 1.29 is 40.2 Å². The summed E-state index contributed by atoms with van der Waals surface area (Å²) in [5, 5.41) is 8.61. The number of halogens is 7. The lowest BCUT2D eigenvalue weighted by Crippen LogP contribution is -2.14. The van der Waals surface area contributed by atoms with Crippen molar-refractivity contribution in [2.45, 2.75) is 26.3 Å². The van der Waals surface area contributed by atoms with Gasteiger partial charge in [0.05, 0.1) is 22.8 Å². The summed E-state index contributed by atoms with van der Waals surface area (Å²) in [6.07, 6.45) is -3.32. The molecule has 0 atom stereocenters. The molecule has 0 unspecified atom stereocenters. The second-order valence-electron chi connectivity index (χ2n) is 8.87. The first-order valence-electron chi connectivity index (χ1n) is 12.0. The fraction of sp³-hybridized carbons (Fsp3) is 0.185. The van der Waals surface area contributed by atoms with E-state index >= 15 is 0 Å². The number of aromatic nitrogens is 6. The summed E-state index contributed by atoms with van der Waals surface area (Å²) in [7, 11) is 1.61. The van der Waals surface area contributed by atoms with E-state index < -0.39 is 31.0 Å². The number of alkyl halides is 7. The molecule has 0 amide bonds. The standard InChI is InChI=1S/C27H19F7N6O2/c1-14-19(13-39(2)37-14)21-12-23(27(32,33)34)36-26(35-21)40-22(16-5-9-18(10-6-16)42-25(30)31)11-20(38-40)15-3-7-17(8-4-15)41-24(28)29/h3-13,24-25H,1-2H3. The second-order valence-corrected chi connectivity index (χ2v) is 8.87. The molecule has 0 bridgehead atoms. The van der Waals surface area contributed by atoms with Gasteiger partial charge in [-0.15, -0.1) is 0 Å². The molecule has 5 aromatic rings. The van der Waals surface area contributed by atoms with Gasteiger partial charge in [-0.3, -0.25) is 4.68 Å². The van der Waals surface area contributed by atoms with Crippen LogP contribution in [0.25, 0.3) is 39.7 Å². The second kappa shape index (κ2) is 11.1. The van der Waals surface area contributed by atoms with Crippen molar-refractivity contribution in [3.05, 3.63) is 78.2 Å². The van der Waals surface area contributed by atoms with Crippen LogP contribution in [0.1, 0.15) is 11.4 Å². The van der Waals surface area contributed by atoms with E-state index in [0.717, 1.165) is 10.7 Å². The van der Waals surface area contributed by atoms with E-state index in [1.807, 2.05) is 0 Å². The topological polar surface area (TPSA) is 79.9 Å². The molecule has 42 heavy (non-hydrogen) atoms. The quantitative estimate of drug-likeness (QED) is 0.182. The molecule has 0 spiro atoms. The normalized spacial score (nSPS) is 11.9. The highest BCUT2D eigenvalue weighted by Gasteiger charge is 2.35. The van der Waals surface area contributed by atoms with Crippen LogP contribution >= 0.6 is 0 Å². The highest BCUT2D eigenvalue weighted by molar-refractivity contribution is 5.71. The molecule has 0 aliphatic rings. The molecule has 0 fully saturated rings. The van der Waals surface area contributed by atoms with E-state index in [4.69, 9.17) is 0 Å². The molecule has 15 heteroatoms. The van der Waals surface area contributed by atoms with Crippen molar-refractivity contribution in [2.24, 2.45) is 7.05 Å². The minimum Gasteiger partial charge on any atom is -0.435 e. The van der Waals surface area contributed by atoms with E-state index in [0.29, 0.717) is 22.4 Å². The van der Waals surface area contributed by atoms with Crippen molar-refractivity contribution in [2.75, 3.05) is 0 Å². The largest absolute Gasteiger partial charge is 0.435 e. The zero-order valence-corrected chi connectivity index (χ0v) is 21.7. The van der Waals surface area contributed by atoms with E-state index in [9.17, 15) is 30.7 Å². The number of hydrogen-bond donors (Lipinski definition) is 0. The monoisotopic (exact) mass is 592 g/mol. The van der Waals surface area contributed by atoms with Crippen LogP contribution in [0.4, 0.5) is 30.7 Å². The minimum absolute atomic E-state index is 0.0601. The number of hydrogen-bond acceptors (Lipinski definition) is 6. The van der Waals surface area contributed by atoms with Gasteiger partial charge in [0, 0.05) is 29.9 Å². The Labute approximate surface area is 233 Å². The summed E-state index contributed by atoms with van der Waals surface area (Å²) in [6, 6.07) is 13.1. The summed E-state index contributed by atoms with van der Waals surface area (Å²) in [5.41, 5.74) is 0.660. The van der Waals surface area contributed by atoms with Crippen LogP contribution in [0.15, 0.2) is 66.9 Å². The van der Waals surface area contributed by atoms with Crippen LogP contribution in [-0.4, -0.2) is 42.8 Å². The number of ether oxygens (including phenoxy) is 2. The molecule has 0 radical (unpaired) electrons. The number of rotatable bonds is 8. The van der Waals surface area contributed by atoms with Gasteiger partial charge in [-0.2, -0.15) is 45.6 Å². The van der Waals surface area contributed by atoms with Gasteiger partial charge < -0.3 is 9.47 Å². The van der Waals surface area contributed by atoms with Crippen molar-refractivity contribution >= 4 is 0 Å². The molecule has 0 saturated carbocycles. The maximum atomic E-state index is 14.0. The Morgan fingerprint density at radius 2 is 1.31 bits per heavy atom. The Kier molecular flexibility index (Phi) is 7.58. The molecule has 2 aromatic carbocycles. The smallest absolute Gasteiger partial charge is 0.433 e. The zero-order chi connectivity index (χ0) is 30.2. The summed E-state index contributed by atoms with van der Waals surface area (Å²) >= 11 is 0. The Morgan fingerprint density at radius 1 is 0.738 bits per heavy atom. The lowest BCUT2D eigenvalue weighted by molar-refractivity contribution is -0.141. The van der Waals surface area contributed by atoms with Crippen LogP contribution < -0.4 is 9.47 Å². The molecule has 8 nitrogen and oxygen atoms in total. The van der Waals surface area contributed by atoms with E-state index in [2.05, 4.69) is 29.6 Å². The first-order chi connectivity index (χ1) is 19.9. The maximum Gasteiger partial charge on any atom is 0.433 e. The average molecular weight is 592 g/mol. The van der Waals surface area contributed by atoms with Crippen LogP contribution in [0.2, 0.25) is 0 Å². The number of benzene rings is 2. The van der Waals surface area contributed by atoms with Gasteiger partial charge in [0.2, 0.25) is 0 Å². The average Bonchev–Trinajstić information content (AvgIpc) is 3.51. The Bertz CT molecular complexity index is 1700. The minimum atomic E-state index is -4.84. The first-order valence-corrected chi connectivity index (χ1v) is 12.0. The predicted octanol–water partition coefficient (Wildman–Crippen LogP) is 6.93. The van der Waals surface area contributed by atoms with Gasteiger partial charge in [0.25, 0.3) is 5.95 Å². The summed E-state index contributed by atoms with van der Waals surface area (Å²) < 4.78 is 104. The van der Waals surface area contributed by atoms with Crippen molar-refractivity contribution in [3.63, 3.8) is 0 Å². The van der Waals surface area contributed by atoms with Gasteiger partial charge in [-0.25, -0.2) is 9.97 Å². The SMILES string of the molecule is Cc1nn(C)cc1-c1cc(C(F)(F)F)nc(-n2nc(-c3ccc(OC(F)F)cc3)cc2-c2ccc(OC(F)F)cc2)n1. The van der Waals surface area contributed by atoms with Gasteiger partial charge in [0.1, 0.15) is 11.5 Å². The van der Waals surface area contributed by atoms with Crippen LogP contribution in [-0.2, 0) is 13.2 Å². The highest BCUT2D eigenvalue weighted by atomic mass is 19.4. The van der Waals surface area contributed by atoms with E-state index in [-0.39, 0.29) is 28.6 Å². The molecule has 0 N–H and O–H groups in total. The lowest BCUT2D eigenvalue weighted by Gasteiger charge is -2.12. The maximum absolute atomic E-state index is 14.0. The summed E-state index contributed by atoms with van der Waals surface area (Å²) in [4.78, 5) is 8.11. The van der Waals surface area contributed by atoms with Gasteiger partial charge in [0.15, 0.2) is 5.69 Å². The van der Waals surface area contributed by atoms with Gasteiger partial charge in [-0.05, 0) is 67.6 Å². The van der Waals surface area contributed by atoms with Crippen molar-refractivity contribution in [1.29, 1.82) is 0 Å². The molecule has 0 aliphatic heterocycles. The van der Waals surface area contributed by atoms with Crippen molar-refractivity contribution in [1.82, 2.24) is 29.5 Å². The van der Waals surface area contributed by atoms with E-state index in [1.54, 1.807) is 14.0 Å². The molecular weight excluding hydrogens is 573 g/mol. The Balaban J connectivity index is 1.68. The Morgan fingerprint density at radius 3 is 1.81 bits per heavy atom. The fourth-order valence-corrected chi connectivity index (χ4v) is 4.16. The lowest BCUT2D eigenvalue weighted by atomic mass is 10.1. The van der Waals surface area contributed by atoms with Gasteiger partial charge in [-0.1, -0.05) is 0 Å². The van der Waals surface area contributed by atoms with Crippen LogP contribution in [0.5, 0.6) is 11.5 Å². The molecule has 5 rings (SSSR count). The van der Waals surface area contributed by atoms with Crippen LogP contribution in [0.3, 0.4) is 0 Å². The third kappa shape index (κ3) is 6.19. The number of aryl methyl sites for hydroxylation is 2. The van der Waals surface area contributed by atoms with Crippen LogP contribution in [0, 0.1) is 6.92 Å². The number of nitrogens with zero attached hydrogens (tertiary/aromatic N) is 6. The molecule has 3 heterocycles. The van der Waals surface area contributed by atoms with Gasteiger partial charge >= 0.3 is 19.4 Å². The predicted molar refractivity (Wildman–Crippen MR) is 135 cm³/mol. The first kappa shape index (κ1) is 28.6. The zero-order valence-electron chi connectivity index (χ0n) is 21.7. The molecular formula is C27H19F7N6O2. The molecule has 3 aromatic heterocycles. The summed E-state index contributed by atoms with van der Waals surface area (Å²) in [5.74, 6) is -0.685.